The van der Waals surface area contributed by atoms with Crippen molar-refractivity contribution in [2.45, 2.75) is 322 Å². The van der Waals surface area contributed by atoms with Gasteiger partial charge >= 0.3 is 17.9 Å². The van der Waals surface area contributed by atoms with E-state index in [0.717, 1.165) is 44.9 Å². The number of esters is 2. The van der Waals surface area contributed by atoms with E-state index in [1.165, 1.54) is 238 Å². The number of nitrogens with zero attached hydrogens (tertiary/aromatic N) is 1. The van der Waals surface area contributed by atoms with E-state index < -0.39 is 18.4 Å². The van der Waals surface area contributed by atoms with E-state index in [1.807, 2.05) is 21.1 Å². The molecule has 0 heterocycles. The lowest BCUT2D eigenvalue weighted by atomic mass is 10.0. The molecule has 0 saturated heterocycles. The molecule has 0 aromatic heterocycles. The number of hydrogen-bond acceptors (Lipinski definition) is 7. The fourth-order valence-electron chi connectivity index (χ4n) is 9.34. The summed E-state index contributed by atoms with van der Waals surface area (Å²) in [6.07, 6.45) is 64.1. The number of carboxylic acids is 1. The first-order valence-corrected chi connectivity index (χ1v) is 31.5. The summed E-state index contributed by atoms with van der Waals surface area (Å²) in [6, 6.07) is 0. The third kappa shape index (κ3) is 57.3. The minimum Gasteiger partial charge on any atom is -0.477 e. The summed E-state index contributed by atoms with van der Waals surface area (Å²) in [5.41, 5.74) is 0. The van der Waals surface area contributed by atoms with Gasteiger partial charge in [-0.15, -0.1) is 0 Å². The van der Waals surface area contributed by atoms with Gasteiger partial charge in [-0.05, 0) is 44.9 Å². The summed E-state index contributed by atoms with van der Waals surface area (Å²) in [6.45, 7) is 4.93. The molecule has 0 saturated carbocycles. The van der Waals surface area contributed by atoms with Crippen LogP contribution in [0.5, 0.6) is 0 Å². The summed E-state index contributed by atoms with van der Waals surface area (Å²) in [5.74, 6) is -1.98. The van der Waals surface area contributed by atoms with Crippen LogP contribution in [0.3, 0.4) is 0 Å². The smallest absolute Gasteiger partial charge is 0.361 e. The van der Waals surface area contributed by atoms with E-state index in [9.17, 15) is 19.5 Å². The minimum absolute atomic E-state index is 0.175. The molecule has 0 aliphatic rings. The van der Waals surface area contributed by atoms with Gasteiger partial charge in [0.05, 0.1) is 34.4 Å². The van der Waals surface area contributed by atoms with Gasteiger partial charge in [-0.3, -0.25) is 9.59 Å². The Morgan fingerprint density at radius 3 is 1.08 bits per heavy atom. The normalized spacial score (nSPS) is 12.8. The second-order valence-electron chi connectivity index (χ2n) is 22.7. The van der Waals surface area contributed by atoms with E-state index in [0.29, 0.717) is 17.4 Å². The van der Waals surface area contributed by atoms with Crippen molar-refractivity contribution in [1.82, 2.24) is 0 Å². The lowest BCUT2D eigenvalue weighted by molar-refractivity contribution is -0.870. The highest BCUT2D eigenvalue weighted by atomic mass is 16.7. The van der Waals surface area contributed by atoms with Crippen molar-refractivity contribution in [3.05, 3.63) is 24.3 Å². The monoisotopic (exact) mass is 1030 g/mol. The van der Waals surface area contributed by atoms with Crippen molar-refractivity contribution in [3.63, 3.8) is 0 Å². The first-order valence-electron chi connectivity index (χ1n) is 31.5. The molecule has 0 aromatic rings. The third-order valence-electron chi connectivity index (χ3n) is 14.2. The average Bonchev–Trinajstić information content (AvgIpc) is 3.36. The van der Waals surface area contributed by atoms with Crippen molar-refractivity contribution >= 4 is 17.9 Å². The zero-order chi connectivity index (χ0) is 53.4. The Bertz CT molecular complexity index is 1250. The predicted octanol–water partition coefficient (Wildman–Crippen LogP) is 18.7. The first-order chi connectivity index (χ1) is 35.6. The Kier molecular flexibility index (Phi) is 54.3. The second-order valence-corrected chi connectivity index (χ2v) is 22.7. The Morgan fingerprint density at radius 2 is 0.740 bits per heavy atom. The maximum absolute atomic E-state index is 12.9. The van der Waals surface area contributed by atoms with Crippen LogP contribution in [0, 0.1) is 0 Å². The maximum atomic E-state index is 12.9. The van der Waals surface area contributed by atoms with E-state index in [4.69, 9.17) is 18.9 Å². The van der Waals surface area contributed by atoms with Crippen molar-refractivity contribution in [2.75, 3.05) is 47.5 Å². The van der Waals surface area contributed by atoms with E-state index in [-0.39, 0.29) is 38.2 Å². The van der Waals surface area contributed by atoms with Crippen LogP contribution < -0.4 is 0 Å². The van der Waals surface area contributed by atoms with Gasteiger partial charge in [-0.25, -0.2) is 4.79 Å². The van der Waals surface area contributed by atoms with Crippen molar-refractivity contribution in [2.24, 2.45) is 0 Å². The second kappa shape index (κ2) is 56.0. The highest BCUT2D eigenvalue weighted by Gasteiger charge is 2.25. The van der Waals surface area contributed by atoms with Gasteiger partial charge in [0.25, 0.3) is 6.29 Å². The number of likely N-dealkylation sites (N-methyl/N-ethyl adjacent to an activating group) is 1. The molecule has 0 aliphatic heterocycles. The molecule has 9 heteroatoms. The predicted molar refractivity (Wildman–Crippen MR) is 309 cm³/mol. The van der Waals surface area contributed by atoms with Crippen LogP contribution in [0.1, 0.15) is 309 Å². The summed E-state index contributed by atoms with van der Waals surface area (Å²) in [7, 11) is 5.98. The average molecular weight is 1030 g/mol. The molecule has 2 unspecified atom stereocenters. The molecule has 0 aromatic carbocycles. The molecular weight excluding hydrogens is 911 g/mol. The number of carbonyl (C=O) groups is 3. The van der Waals surface area contributed by atoms with Crippen molar-refractivity contribution < 1.29 is 42.9 Å². The van der Waals surface area contributed by atoms with Crippen molar-refractivity contribution in [1.29, 1.82) is 0 Å². The number of rotatable bonds is 59. The molecule has 0 radical (unpaired) electrons. The quantitative estimate of drug-likeness (QED) is 0.0211. The number of aliphatic carboxylic acids is 1. The minimum atomic E-state index is -1.51. The van der Waals surface area contributed by atoms with Gasteiger partial charge in [0.15, 0.2) is 6.10 Å². The Balaban J connectivity index is 4.08. The fraction of sp³-hybridized carbons (Fsp3) is 0.891. The fourth-order valence-corrected chi connectivity index (χ4v) is 9.34. The lowest BCUT2D eigenvalue weighted by Crippen LogP contribution is -2.40. The van der Waals surface area contributed by atoms with Gasteiger partial charge in [-0.1, -0.05) is 276 Å². The molecule has 1 N–H and O–H groups in total. The third-order valence-corrected chi connectivity index (χ3v) is 14.2. The Labute approximate surface area is 452 Å². The summed E-state index contributed by atoms with van der Waals surface area (Å²) < 4.78 is 22.9. The van der Waals surface area contributed by atoms with E-state index in [1.54, 1.807) is 0 Å². The number of quaternary nitrogens is 1. The van der Waals surface area contributed by atoms with E-state index >= 15 is 0 Å². The summed E-state index contributed by atoms with van der Waals surface area (Å²) in [4.78, 5) is 37.5. The summed E-state index contributed by atoms with van der Waals surface area (Å²) >= 11 is 0. The molecule has 0 spiro atoms. The largest absolute Gasteiger partial charge is 0.477 e. The molecular formula is C64H122NO8+. The number of carbonyl (C=O) groups excluding carboxylic acids is 2. The van der Waals surface area contributed by atoms with Crippen LogP contribution in [0.2, 0.25) is 0 Å². The molecule has 9 nitrogen and oxygen atoms in total. The van der Waals surface area contributed by atoms with Gasteiger partial charge < -0.3 is 28.5 Å². The maximum Gasteiger partial charge on any atom is 0.361 e. The van der Waals surface area contributed by atoms with Crippen LogP contribution in [0.25, 0.3) is 0 Å². The standard InChI is InChI=1S/C64H121NO8/c1-6-8-10-12-14-16-18-20-22-24-25-26-27-28-29-30-31-32-33-34-35-36-37-39-41-43-45-47-49-51-53-55-62(67)73-60(59-72-64(63(68)69)70-57-56-65(3,4)5)58-71-61(66)54-52-50-48-46-44-42-40-38-23-21-19-17-15-13-11-9-7-2/h18,20,24-25,60,64H,6-17,19,21-23,26-59H2,1-5H3/p+1/b20-18-,25-24-. The van der Waals surface area contributed by atoms with Gasteiger partial charge in [0, 0.05) is 12.8 Å². The number of allylic oxidation sites excluding steroid dienone is 4. The van der Waals surface area contributed by atoms with Crippen LogP contribution in [0.4, 0.5) is 0 Å². The topological polar surface area (TPSA) is 108 Å². The number of unbranched alkanes of at least 4 members (excludes halogenated alkanes) is 40. The van der Waals surface area contributed by atoms with E-state index in [2.05, 4.69) is 38.2 Å². The number of hydrogen-bond donors (Lipinski definition) is 1. The highest BCUT2D eigenvalue weighted by molar-refractivity contribution is 5.71. The number of ether oxygens (including phenoxy) is 4. The number of carboxylic acid groups (broad SMARTS) is 1. The molecule has 0 bridgehead atoms. The van der Waals surface area contributed by atoms with Crippen LogP contribution >= 0.6 is 0 Å². The SMILES string of the molecule is CCCCCCC/C=C\C/C=C\CCCCCCCCCCCCCCCCCCCCCC(=O)OC(COC(=O)CCCCCCCCCCCCCCCCCCC)COC(OCC[N+](C)(C)C)C(=O)O. The Morgan fingerprint density at radius 1 is 0.411 bits per heavy atom. The van der Waals surface area contributed by atoms with Gasteiger partial charge in [0.1, 0.15) is 13.2 Å². The molecule has 0 fully saturated rings. The lowest BCUT2D eigenvalue weighted by Gasteiger charge is -2.25. The van der Waals surface area contributed by atoms with Crippen LogP contribution in [-0.4, -0.2) is 87.4 Å². The molecule has 0 aliphatic carbocycles. The van der Waals surface area contributed by atoms with Gasteiger partial charge in [0.2, 0.25) is 0 Å². The zero-order valence-corrected chi connectivity index (χ0v) is 49.1. The molecule has 0 rings (SSSR count). The molecule has 2 atom stereocenters. The van der Waals surface area contributed by atoms with Gasteiger partial charge in [-0.2, -0.15) is 0 Å². The summed E-state index contributed by atoms with van der Waals surface area (Å²) in [5, 5.41) is 9.71. The van der Waals surface area contributed by atoms with Crippen molar-refractivity contribution in [3.8, 4) is 0 Å². The first kappa shape index (κ1) is 70.8. The van der Waals surface area contributed by atoms with Crippen LogP contribution in [0.15, 0.2) is 24.3 Å². The molecule has 0 amide bonds. The Hall–Kier alpha value is -2.23. The zero-order valence-electron chi connectivity index (χ0n) is 49.1. The molecule has 430 valence electrons. The highest BCUT2D eigenvalue weighted by Crippen LogP contribution is 2.18. The van der Waals surface area contributed by atoms with Crippen LogP contribution in [-0.2, 0) is 33.3 Å². The molecule has 73 heavy (non-hydrogen) atoms.